The van der Waals surface area contributed by atoms with Gasteiger partial charge in [0.25, 0.3) is 0 Å². The quantitative estimate of drug-likeness (QED) is 0.271. The van der Waals surface area contributed by atoms with Crippen LogP contribution in [0.4, 0.5) is 0 Å². The second-order valence-electron chi connectivity index (χ2n) is 14.6. The lowest BCUT2D eigenvalue weighted by molar-refractivity contribution is -0.138. The summed E-state index contributed by atoms with van der Waals surface area (Å²) in [5.41, 5.74) is 0. The molecule has 0 saturated carbocycles. The van der Waals surface area contributed by atoms with Crippen molar-refractivity contribution in [3.63, 3.8) is 0 Å². The molecule has 0 bridgehead atoms. The van der Waals surface area contributed by atoms with Gasteiger partial charge < -0.3 is 34.0 Å². The predicted octanol–water partition coefficient (Wildman–Crippen LogP) is 0.245. The van der Waals surface area contributed by atoms with Gasteiger partial charge in [-0.05, 0) is 84.3 Å². The predicted molar refractivity (Wildman–Crippen MR) is 188 cm³/mol. The van der Waals surface area contributed by atoms with E-state index in [4.69, 9.17) is 9.47 Å². The molecule has 0 atom stereocenters. The fourth-order valence-electron chi connectivity index (χ4n) is 7.53. The highest BCUT2D eigenvalue weighted by Gasteiger charge is 2.27. The van der Waals surface area contributed by atoms with Gasteiger partial charge in [-0.25, -0.2) is 0 Å². The van der Waals surface area contributed by atoms with Crippen LogP contribution in [0.3, 0.4) is 0 Å². The summed E-state index contributed by atoms with van der Waals surface area (Å²) in [6.07, 6.45) is 5.28. The molecule has 5 fully saturated rings. The first-order valence-electron chi connectivity index (χ1n) is 18.7. The third-order valence-electron chi connectivity index (χ3n) is 11.1. The Balaban J connectivity index is 0.000000215. The van der Waals surface area contributed by atoms with Crippen molar-refractivity contribution in [1.29, 1.82) is 0 Å². The first-order chi connectivity index (χ1) is 22.8. The summed E-state index contributed by atoms with van der Waals surface area (Å²) < 4.78 is 10.2. The Kier molecular flexibility index (Phi) is 17.1. The third kappa shape index (κ3) is 13.8. The van der Waals surface area contributed by atoms with E-state index in [1.54, 1.807) is 7.11 Å². The topological polar surface area (TPSA) is 78.5 Å². The van der Waals surface area contributed by atoms with Crippen LogP contribution < -0.4 is 0 Å². The van der Waals surface area contributed by atoms with Crippen LogP contribution in [-0.4, -0.2) is 223 Å². The Labute approximate surface area is 286 Å². The van der Waals surface area contributed by atoms with E-state index < -0.39 is 0 Å². The first-order valence-corrected chi connectivity index (χ1v) is 18.7. The maximum atomic E-state index is 12.6. The third-order valence-corrected chi connectivity index (χ3v) is 11.1. The van der Waals surface area contributed by atoms with Crippen LogP contribution >= 0.6 is 0 Å². The number of carbonyl (C=O) groups excluding carboxylic acids is 2. The molecule has 0 radical (unpaired) electrons. The highest BCUT2D eigenvalue weighted by molar-refractivity contribution is 5.78. The van der Waals surface area contributed by atoms with Gasteiger partial charge in [0.15, 0.2) is 0 Å². The monoisotopic (exact) mass is 665 g/mol. The number of rotatable bonds is 12. The molecule has 272 valence electrons. The molecule has 0 aliphatic carbocycles. The number of likely N-dealkylation sites (N-methyl/N-ethyl adjacent to an activating group) is 1. The van der Waals surface area contributed by atoms with E-state index >= 15 is 0 Å². The maximum Gasteiger partial charge on any atom is 0.248 e. The lowest BCUT2D eigenvalue weighted by Crippen LogP contribution is -2.54. The van der Waals surface area contributed by atoms with Crippen LogP contribution in [0.15, 0.2) is 0 Å². The standard InChI is InChI=1S/C19H37N5O.C16H31N3O3/c1-3-21-8-10-23(11-9-21)17-19(25)24-14-12-22(13-15-24)16-18-4-6-20(2)7-5-18;1-17-5-3-15(4-6-17)13-18-7-9-19(10-8-18)16(20)14-22-12-11-21-2/h18H,3-17H2,1-2H3;15H,3-14H2,1-2H3. The van der Waals surface area contributed by atoms with Gasteiger partial charge in [0.05, 0.1) is 19.8 Å². The number of piperidine rings is 2. The fourth-order valence-corrected chi connectivity index (χ4v) is 7.53. The zero-order valence-corrected chi connectivity index (χ0v) is 30.5. The summed E-state index contributed by atoms with van der Waals surface area (Å²) >= 11 is 0. The molecular weight excluding hydrogens is 596 g/mol. The number of piperazine rings is 3. The smallest absolute Gasteiger partial charge is 0.248 e. The molecule has 12 heteroatoms. The van der Waals surface area contributed by atoms with Crippen molar-refractivity contribution in [2.75, 3.05) is 172 Å². The van der Waals surface area contributed by atoms with Crippen LogP contribution in [0.2, 0.25) is 0 Å². The molecule has 2 amide bonds. The number of likely N-dealkylation sites (tertiary alicyclic amines) is 2. The average Bonchev–Trinajstić information content (AvgIpc) is 3.10. The van der Waals surface area contributed by atoms with Gasteiger partial charge in [0.2, 0.25) is 11.8 Å². The molecule has 0 aromatic carbocycles. The summed E-state index contributed by atoms with van der Waals surface area (Å²) in [6, 6.07) is 0. The number of hydrogen-bond acceptors (Lipinski definition) is 10. The Hall–Kier alpha value is -1.38. The molecule has 5 heterocycles. The van der Waals surface area contributed by atoms with Crippen LogP contribution in [0.1, 0.15) is 32.6 Å². The molecule has 0 aromatic heterocycles. The van der Waals surface area contributed by atoms with Gasteiger partial charge in [0.1, 0.15) is 6.61 Å². The Morgan fingerprint density at radius 1 is 0.553 bits per heavy atom. The summed E-state index contributed by atoms with van der Waals surface area (Å²) in [6.45, 7) is 24.4. The van der Waals surface area contributed by atoms with E-state index in [9.17, 15) is 9.59 Å². The highest BCUT2D eigenvalue weighted by atomic mass is 16.5. The second kappa shape index (κ2) is 21.0. The van der Waals surface area contributed by atoms with E-state index in [1.165, 1.54) is 65.0 Å². The molecule has 47 heavy (non-hydrogen) atoms. The van der Waals surface area contributed by atoms with Crippen molar-refractivity contribution in [3.8, 4) is 0 Å². The van der Waals surface area contributed by atoms with Crippen molar-refractivity contribution in [2.45, 2.75) is 32.6 Å². The van der Waals surface area contributed by atoms with E-state index in [2.05, 4.69) is 55.3 Å². The second-order valence-corrected chi connectivity index (χ2v) is 14.6. The van der Waals surface area contributed by atoms with Crippen LogP contribution in [-0.2, 0) is 19.1 Å². The highest BCUT2D eigenvalue weighted by Crippen LogP contribution is 2.19. The minimum absolute atomic E-state index is 0.107. The molecule has 5 rings (SSSR count). The van der Waals surface area contributed by atoms with Crippen LogP contribution in [0.5, 0.6) is 0 Å². The van der Waals surface area contributed by atoms with E-state index in [1.807, 2.05) is 4.90 Å². The lowest BCUT2D eigenvalue weighted by atomic mass is 9.96. The van der Waals surface area contributed by atoms with Gasteiger partial charge in [-0.3, -0.25) is 24.3 Å². The van der Waals surface area contributed by atoms with Gasteiger partial charge in [-0.15, -0.1) is 0 Å². The van der Waals surface area contributed by atoms with Crippen molar-refractivity contribution in [3.05, 3.63) is 0 Å². The van der Waals surface area contributed by atoms with Gasteiger partial charge >= 0.3 is 0 Å². The number of ether oxygens (including phenoxy) is 2. The summed E-state index contributed by atoms with van der Waals surface area (Å²) in [5, 5.41) is 0. The molecule has 0 unspecified atom stereocenters. The molecule has 5 aliphatic rings. The van der Waals surface area contributed by atoms with Gasteiger partial charge in [-0.1, -0.05) is 6.92 Å². The lowest BCUT2D eigenvalue weighted by Gasteiger charge is -2.39. The van der Waals surface area contributed by atoms with Crippen molar-refractivity contribution < 1.29 is 19.1 Å². The molecule has 5 saturated heterocycles. The van der Waals surface area contributed by atoms with E-state index in [0.717, 1.165) is 96.9 Å². The first kappa shape index (κ1) is 38.4. The largest absolute Gasteiger partial charge is 0.382 e. The minimum atomic E-state index is 0.107. The van der Waals surface area contributed by atoms with Gasteiger partial charge in [0, 0.05) is 98.7 Å². The minimum Gasteiger partial charge on any atom is -0.382 e. The average molecular weight is 665 g/mol. The maximum absolute atomic E-state index is 12.6. The SMILES string of the molecule is CCN1CCN(CC(=O)N2CCN(CC3CCN(C)CC3)CC2)CC1.COCCOCC(=O)N1CCN(CC2CCN(C)CC2)CC1. The number of amides is 2. The van der Waals surface area contributed by atoms with Crippen LogP contribution in [0, 0.1) is 11.8 Å². The zero-order valence-electron chi connectivity index (χ0n) is 30.5. The van der Waals surface area contributed by atoms with Crippen molar-refractivity contribution >= 4 is 11.8 Å². The Morgan fingerprint density at radius 3 is 1.43 bits per heavy atom. The van der Waals surface area contributed by atoms with Crippen molar-refractivity contribution in [1.82, 2.24) is 39.2 Å². The molecular formula is C35H68N8O4. The summed E-state index contributed by atoms with van der Waals surface area (Å²) in [4.78, 5) is 43.4. The Morgan fingerprint density at radius 2 is 0.979 bits per heavy atom. The zero-order chi connectivity index (χ0) is 33.4. The van der Waals surface area contributed by atoms with E-state index in [-0.39, 0.29) is 12.5 Å². The van der Waals surface area contributed by atoms with Crippen molar-refractivity contribution in [2.24, 2.45) is 11.8 Å². The molecule has 0 aromatic rings. The number of nitrogens with zero attached hydrogens (tertiary/aromatic N) is 8. The van der Waals surface area contributed by atoms with Gasteiger partial charge in [-0.2, -0.15) is 0 Å². The summed E-state index contributed by atoms with van der Waals surface area (Å²) in [5.74, 6) is 2.13. The fraction of sp³-hybridized carbons (Fsp3) is 0.943. The molecule has 0 spiro atoms. The molecule has 5 aliphatic heterocycles. The molecule has 12 nitrogen and oxygen atoms in total. The number of methoxy groups -OCH3 is 1. The number of hydrogen-bond donors (Lipinski definition) is 0. The Bertz CT molecular complexity index is 875. The van der Waals surface area contributed by atoms with E-state index in [0.29, 0.717) is 25.7 Å². The number of carbonyl (C=O) groups is 2. The van der Waals surface area contributed by atoms with Crippen LogP contribution in [0.25, 0.3) is 0 Å². The molecule has 0 N–H and O–H groups in total. The summed E-state index contributed by atoms with van der Waals surface area (Å²) in [7, 11) is 6.06. The normalized spacial score (nSPS) is 24.3.